The second-order valence-corrected chi connectivity index (χ2v) is 4.48. The highest BCUT2D eigenvalue weighted by Crippen LogP contribution is 2.29. The quantitative estimate of drug-likeness (QED) is 0.836. The van der Waals surface area contributed by atoms with Crippen LogP contribution in [0.25, 0.3) is 11.0 Å². The van der Waals surface area contributed by atoms with Crippen LogP contribution in [0, 0.1) is 6.92 Å². The van der Waals surface area contributed by atoms with Crippen LogP contribution in [0.5, 0.6) is 5.75 Å². The summed E-state index contributed by atoms with van der Waals surface area (Å²) >= 11 is 0. The van der Waals surface area contributed by atoms with Crippen molar-refractivity contribution in [3.63, 3.8) is 0 Å². The van der Waals surface area contributed by atoms with Gasteiger partial charge in [0.2, 0.25) is 5.91 Å². The second-order valence-electron chi connectivity index (χ2n) is 4.48. The average Bonchev–Trinajstić information content (AvgIpc) is 2.66. The second kappa shape index (κ2) is 4.72. The molecule has 0 fully saturated rings. The van der Waals surface area contributed by atoms with Gasteiger partial charge in [0.05, 0.1) is 13.5 Å². The molecule has 1 aromatic carbocycles. The largest absolute Gasteiger partial charge is 0.497 e. The molecule has 0 radical (unpaired) electrons. The fraction of sp³-hybridized carbons (Fsp3) is 0.357. The van der Waals surface area contributed by atoms with Crippen molar-refractivity contribution in [2.24, 2.45) is 0 Å². The molecule has 4 nitrogen and oxygen atoms in total. The number of amides is 1. The fourth-order valence-electron chi connectivity index (χ4n) is 1.84. The van der Waals surface area contributed by atoms with E-state index in [1.807, 2.05) is 25.1 Å². The minimum absolute atomic E-state index is 0.0316. The molecule has 0 unspecified atom stereocenters. The van der Waals surface area contributed by atoms with Gasteiger partial charge in [-0.05, 0) is 30.7 Å². The summed E-state index contributed by atoms with van der Waals surface area (Å²) in [6.45, 7) is 1.96. The van der Waals surface area contributed by atoms with Crippen LogP contribution < -0.4 is 4.74 Å². The molecule has 0 atom stereocenters. The molecule has 0 aliphatic heterocycles. The molecule has 0 saturated heterocycles. The van der Waals surface area contributed by atoms with Crippen LogP contribution in [0.3, 0.4) is 0 Å². The monoisotopic (exact) mass is 247 g/mol. The maximum absolute atomic E-state index is 11.7. The van der Waals surface area contributed by atoms with Crippen molar-refractivity contribution < 1.29 is 13.9 Å². The first-order chi connectivity index (χ1) is 8.52. The van der Waals surface area contributed by atoms with Crippen LogP contribution >= 0.6 is 0 Å². The van der Waals surface area contributed by atoms with Crippen molar-refractivity contribution in [2.45, 2.75) is 13.3 Å². The molecule has 0 aliphatic rings. The Bertz CT molecular complexity index is 584. The molecule has 1 aromatic heterocycles. The predicted octanol–water partition coefficient (Wildman–Crippen LogP) is 2.38. The van der Waals surface area contributed by atoms with Crippen molar-refractivity contribution >= 4 is 16.9 Å². The molecule has 4 heteroatoms. The zero-order valence-corrected chi connectivity index (χ0v) is 11.1. The van der Waals surface area contributed by atoms with Gasteiger partial charge in [-0.1, -0.05) is 0 Å². The lowest BCUT2D eigenvalue weighted by Gasteiger charge is -2.08. The van der Waals surface area contributed by atoms with E-state index in [9.17, 15) is 4.79 Å². The predicted molar refractivity (Wildman–Crippen MR) is 69.9 cm³/mol. The summed E-state index contributed by atoms with van der Waals surface area (Å²) in [6, 6.07) is 5.64. The number of ether oxygens (including phenoxy) is 1. The zero-order valence-electron chi connectivity index (χ0n) is 11.1. The number of aryl methyl sites for hydroxylation is 1. The number of rotatable bonds is 3. The molecule has 0 saturated carbocycles. The maximum atomic E-state index is 11.7. The first kappa shape index (κ1) is 12.5. The average molecular weight is 247 g/mol. The molecule has 1 heterocycles. The lowest BCUT2D eigenvalue weighted by molar-refractivity contribution is -0.128. The van der Waals surface area contributed by atoms with Gasteiger partial charge in [-0.25, -0.2) is 0 Å². The summed E-state index contributed by atoms with van der Waals surface area (Å²) in [6.07, 6.45) is 0.288. The van der Waals surface area contributed by atoms with Crippen molar-refractivity contribution in [1.29, 1.82) is 0 Å². The van der Waals surface area contributed by atoms with Crippen LogP contribution in [-0.4, -0.2) is 32.0 Å². The molecule has 0 aliphatic carbocycles. The molecule has 18 heavy (non-hydrogen) atoms. The van der Waals surface area contributed by atoms with E-state index in [1.165, 1.54) is 0 Å². The third-order valence-corrected chi connectivity index (χ3v) is 3.05. The van der Waals surface area contributed by atoms with Gasteiger partial charge in [0, 0.05) is 19.5 Å². The van der Waals surface area contributed by atoms with Gasteiger partial charge in [-0.15, -0.1) is 0 Å². The number of fused-ring (bicyclic) bond motifs is 1. The summed E-state index contributed by atoms with van der Waals surface area (Å²) in [5.74, 6) is 1.54. The molecule has 0 spiro atoms. The van der Waals surface area contributed by atoms with Gasteiger partial charge >= 0.3 is 0 Å². The van der Waals surface area contributed by atoms with E-state index in [0.717, 1.165) is 28.0 Å². The maximum Gasteiger partial charge on any atom is 0.229 e. The number of hydrogen-bond donors (Lipinski definition) is 0. The molecule has 2 aromatic rings. The van der Waals surface area contributed by atoms with Gasteiger partial charge < -0.3 is 14.1 Å². The van der Waals surface area contributed by atoms with E-state index in [0.29, 0.717) is 0 Å². The summed E-state index contributed by atoms with van der Waals surface area (Å²) < 4.78 is 10.9. The van der Waals surface area contributed by atoms with Gasteiger partial charge in [-0.2, -0.15) is 0 Å². The van der Waals surface area contributed by atoms with E-state index in [-0.39, 0.29) is 12.3 Å². The molecule has 0 bridgehead atoms. The van der Waals surface area contributed by atoms with Crippen molar-refractivity contribution in [3.8, 4) is 5.75 Å². The van der Waals surface area contributed by atoms with Crippen LogP contribution in [0.1, 0.15) is 11.3 Å². The van der Waals surface area contributed by atoms with E-state index >= 15 is 0 Å². The van der Waals surface area contributed by atoms with Crippen LogP contribution in [-0.2, 0) is 11.2 Å². The fourth-order valence-corrected chi connectivity index (χ4v) is 1.84. The van der Waals surface area contributed by atoms with Crippen molar-refractivity contribution in [3.05, 3.63) is 29.5 Å². The minimum atomic E-state index is 0.0316. The van der Waals surface area contributed by atoms with Gasteiger partial charge in [0.25, 0.3) is 0 Å². The molecule has 2 rings (SSSR count). The SMILES string of the molecule is COc1ccc2oc(CC(=O)N(C)C)c(C)c2c1. The number of benzene rings is 1. The first-order valence-corrected chi connectivity index (χ1v) is 5.79. The first-order valence-electron chi connectivity index (χ1n) is 5.79. The van der Waals surface area contributed by atoms with E-state index < -0.39 is 0 Å². The highest BCUT2D eigenvalue weighted by Gasteiger charge is 2.15. The normalized spacial score (nSPS) is 10.7. The standard InChI is InChI=1S/C14H17NO3/c1-9-11-7-10(17-4)5-6-12(11)18-13(9)8-14(16)15(2)3/h5-7H,8H2,1-4H3. The summed E-state index contributed by atoms with van der Waals surface area (Å²) in [7, 11) is 5.11. The van der Waals surface area contributed by atoms with Gasteiger partial charge in [0.1, 0.15) is 17.1 Å². The summed E-state index contributed by atoms with van der Waals surface area (Å²) in [4.78, 5) is 13.3. The number of likely N-dealkylation sites (N-methyl/N-ethyl adjacent to an activating group) is 1. The Morgan fingerprint density at radius 1 is 1.39 bits per heavy atom. The molecular weight excluding hydrogens is 230 g/mol. The van der Waals surface area contributed by atoms with Crippen LogP contribution in [0.4, 0.5) is 0 Å². The third-order valence-electron chi connectivity index (χ3n) is 3.05. The van der Waals surface area contributed by atoms with Crippen LogP contribution in [0.15, 0.2) is 22.6 Å². The number of hydrogen-bond acceptors (Lipinski definition) is 3. The number of carbonyl (C=O) groups excluding carboxylic acids is 1. The number of furan rings is 1. The third kappa shape index (κ3) is 2.18. The Hall–Kier alpha value is -1.97. The number of carbonyl (C=O) groups is 1. The smallest absolute Gasteiger partial charge is 0.229 e. The Kier molecular flexibility index (Phi) is 3.28. The summed E-state index contributed by atoms with van der Waals surface area (Å²) in [5.41, 5.74) is 1.79. The van der Waals surface area contributed by atoms with E-state index in [4.69, 9.17) is 9.15 Å². The summed E-state index contributed by atoms with van der Waals surface area (Å²) in [5, 5.41) is 0.996. The highest BCUT2D eigenvalue weighted by molar-refractivity contribution is 5.86. The van der Waals surface area contributed by atoms with Gasteiger partial charge in [0.15, 0.2) is 0 Å². The number of nitrogens with zero attached hydrogens (tertiary/aromatic N) is 1. The minimum Gasteiger partial charge on any atom is -0.497 e. The number of methoxy groups -OCH3 is 1. The Labute approximate surface area is 106 Å². The molecule has 1 amide bonds. The highest BCUT2D eigenvalue weighted by atomic mass is 16.5. The van der Waals surface area contributed by atoms with E-state index in [1.54, 1.807) is 26.1 Å². The molecule has 96 valence electrons. The molecular formula is C14H17NO3. The van der Waals surface area contributed by atoms with Gasteiger partial charge in [-0.3, -0.25) is 4.79 Å². The Balaban J connectivity index is 2.41. The topological polar surface area (TPSA) is 42.7 Å². The van der Waals surface area contributed by atoms with E-state index in [2.05, 4.69) is 0 Å². The Morgan fingerprint density at radius 2 is 2.11 bits per heavy atom. The lowest BCUT2D eigenvalue weighted by Crippen LogP contribution is -2.23. The van der Waals surface area contributed by atoms with Crippen molar-refractivity contribution in [1.82, 2.24) is 4.90 Å². The van der Waals surface area contributed by atoms with Crippen LogP contribution in [0.2, 0.25) is 0 Å². The van der Waals surface area contributed by atoms with Crippen molar-refractivity contribution in [2.75, 3.05) is 21.2 Å². The molecule has 0 N–H and O–H groups in total. The zero-order chi connectivity index (χ0) is 13.3. The lowest BCUT2D eigenvalue weighted by atomic mass is 10.1. The Morgan fingerprint density at radius 3 is 2.72 bits per heavy atom.